The minimum atomic E-state index is -0.884. The Morgan fingerprint density at radius 3 is 2.66 bits per heavy atom. The van der Waals surface area contributed by atoms with Crippen molar-refractivity contribution in [2.24, 2.45) is 0 Å². The number of carbonyl (C=O) groups excluding carboxylic acids is 3. The number of amides is 3. The molecule has 0 spiro atoms. The standard InChI is InChI=1S/C21H22ClN3O4/c1-14-7-8-16(22)11-17(14)24-21(28)20(27)23-12-19(26)25-9-10-29-18(13-25)15-5-3-2-4-6-15/h2-8,11,18H,9-10,12-13H2,1H3,(H,23,27)(H,24,28). The minimum absolute atomic E-state index is 0.210. The predicted octanol–water partition coefficient (Wildman–Crippen LogP) is 2.30. The van der Waals surface area contributed by atoms with Crippen LogP contribution < -0.4 is 10.6 Å². The largest absolute Gasteiger partial charge is 0.370 e. The van der Waals surface area contributed by atoms with Crippen molar-refractivity contribution in [3.63, 3.8) is 0 Å². The predicted molar refractivity (Wildman–Crippen MR) is 110 cm³/mol. The molecule has 0 radical (unpaired) electrons. The first-order valence-electron chi connectivity index (χ1n) is 9.23. The molecule has 1 fully saturated rings. The van der Waals surface area contributed by atoms with Gasteiger partial charge in [-0.3, -0.25) is 14.4 Å². The van der Waals surface area contributed by atoms with E-state index in [1.165, 1.54) is 0 Å². The van der Waals surface area contributed by atoms with E-state index in [2.05, 4.69) is 10.6 Å². The van der Waals surface area contributed by atoms with Crippen molar-refractivity contribution in [3.05, 3.63) is 64.7 Å². The number of nitrogens with zero attached hydrogens (tertiary/aromatic N) is 1. The fraction of sp³-hybridized carbons (Fsp3) is 0.286. The summed E-state index contributed by atoms with van der Waals surface area (Å²) in [6.07, 6.45) is -0.210. The van der Waals surface area contributed by atoms with Crippen molar-refractivity contribution in [2.45, 2.75) is 13.0 Å². The van der Waals surface area contributed by atoms with E-state index in [9.17, 15) is 14.4 Å². The first-order valence-corrected chi connectivity index (χ1v) is 9.61. The van der Waals surface area contributed by atoms with E-state index in [0.717, 1.165) is 11.1 Å². The summed E-state index contributed by atoms with van der Waals surface area (Å²) in [6.45, 7) is 2.77. The number of nitrogens with one attached hydrogen (secondary N) is 2. The lowest BCUT2D eigenvalue weighted by molar-refractivity contribution is -0.141. The molecule has 0 aromatic heterocycles. The summed E-state index contributed by atoms with van der Waals surface area (Å²) in [5.74, 6) is -2.01. The third-order valence-electron chi connectivity index (χ3n) is 4.64. The van der Waals surface area contributed by atoms with Crippen LogP contribution in [0.15, 0.2) is 48.5 Å². The number of morpholine rings is 1. The summed E-state index contributed by atoms with van der Waals surface area (Å²) in [7, 11) is 0. The molecule has 2 aromatic carbocycles. The summed E-state index contributed by atoms with van der Waals surface area (Å²) >= 11 is 5.91. The smallest absolute Gasteiger partial charge is 0.313 e. The fourth-order valence-corrected chi connectivity index (χ4v) is 3.17. The van der Waals surface area contributed by atoms with Crippen LogP contribution >= 0.6 is 11.6 Å². The molecule has 0 saturated carbocycles. The lowest BCUT2D eigenvalue weighted by Gasteiger charge is -2.33. The van der Waals surface area contributed by atoms with Gasteiger partial charge in [0.2, 0.25) is 5.91 Å². The molecule has 1 unspecified atom stereocenters. The number of hydrogen-bond acceptors (Lipinski definition) is 4. The van der Waals surface area contributed by atoms with Gasteiger partial charge < -0.3 is 20.3 Å². The molecule has 1 saturated heterocycles. The zero-order valence-electron chi connectivity index (χ0n) is 16.0. The van der Waals surface area contributed by atoms with Crippen LogP contribution in [0.4, 0.5) is 5.69 Å². The highest BCUT2D eigenvalue weighted by atomic mass is 35.5. The van der Waals surface area contributed by atoms with Crippen LogP contribution in [-0.4, -0.2) is 48.9 Å². The molecule has 0 aliphatic carbocycles. The fourth-order valence-electron chi connectivity index (χ4n) is 3.00. The van der Waals surface area contributed by atoms with Gasteiger partial charge in [0.25, 0.3) is 0 Å². The van der Waals surface area contributed by atoms with Crippen molar-refractivity contribution in [3.8, 4) is 0 Å². The summed E-state index contributed by atoms with van der Waals surface area (Å²) in [5.41, 5.74) is 2.21. The number of hydrogen-bond donors (Lipinski definition) is 2. The monoisotopic (exact) mass is 415 g/mol. The Labute approximate surface area is 174 Å². The Balaban J connectivity index is 1.51. The second-order valence-corrected chi connectivity index (χ2v) is 7.14. The Morgan fingerprint density at radius 1 is 1.14 bits per heavy atom. The third-order valence-corrected chi connectivity index (χ3v) is 4.88. The maximum absolute atomic E-state index is 12.5. The molecule has 1 aliphatic rings. The molecule has 29 heavy (non-hydrogen) atoms. The molecule has 7 nitrogen and oxygen atoms in total. The molecular weight excluding hydrogens is 394 g/mol. The molecule has 1 aliphatic heterocycles. The molecular formula is C21H22ClN3O4. The van der Waals surface area contributed by atoms with Gasteiger partial charge in [-0.15, -0.1) is 0 Å². The second kappa shape index (κ2) is 9.54. The molecule has 0 bridgehead atoms. The number of carbonyl (C=O) groups is 3. The molecule has 2 aromatic rings. The molecule has 152 valence electrons. The maximum Gasteiger partial charge on any atom is 0.313 e. The van der Waals surface area contributed by atoms with Gasteiger partial charge in [0, 0.05) is 17.3 Å². The molecule has 3 rings (SSSR count). The third kappa shape index (κ3) is 5.56. The number of anilines is 1. The van der Waals surface area contributed by atoms with Crippen molar-refractivity contribution >= 4 is 35.0 Å². The Kier molecular flexibility index (Phi) is 6.85. The van der Waals surface area contributed by atoms with E-state index < -0.39 is 11.8 Å². The van der Waals surface area contributed by atoms with Crippen LogP contribution in [0.2, 0.25) is 5.02 Å². The van der Waals surface area contributed by atoms with Crippen LogP contribution in [0.5, 0.6) is 0 Å². The Bertz CT molecular complexity index is 904. The summed E-state index contributed by atoms with van der Waals surface area (Å²) in [6, 6.07) is 14.6. The zero-order valence-corrected chi connectivity index (χ0v) is 16.7. The van der Waals surface area contributed by atoms with Crippen molar-refractivity contribution < 1.29 is 19.1 Å². The summed E-state index contributed by atoms with van der Waals surface area (Å²) in [4.78, 5) is 38.2. The van der Waals surface area contributed by atoms with Crippen molar-refractivity contribution in [2.75, 3.05) is 31.6 Å². The molecule has 3 amide bonds. The lowest BCUT2D eigenvalue weighted by Crippen LogP contribution is -2.48. The van der Waals surface area contributed by atoms with Crippen LogP contribution in [-0.2, 0) is 19.1 Å². The quantitative estimate of drug-likeness (QED) is 0.750. The first kappa shape index (κ1) is 20.8. The van der Waals surface area contributed by atoms with Gasteiger partial charge in [0.05, 0.1) is 19.7 Å². The lowest BCUT2D eigenvalue weighted by atomic mass is 10.1. The van der Waals surface area contributed by atoms with Gasteiger partial charge in [-0.1, -0.05) is 48.0 Å². The highest BCUT2D eigenvalue weighted by Gasteiger charge is 2.26. The number of halogens is 1. The number of ether oxygens (including phenoxy) is 1. The molecule has 2 N–H and O–H groups in total. The number of rotatable bonds is 4. The second-order valence-electron chi connectivity index (χ2n) is 6.71. The average Bonchev–Trinajstić information content (AvgIpc) is 2.75. The van der Waals surface area contributed by atoms with Gasteiger partial charge in [-0.25, -0.2) is 0 Å². The molecule has 8 heteroatoms. The maximum atomic E-state index is 12.5. The molecule has 1 heterocycles. The van der Waals surface area contributed by atoms with E-state index in [1.54, 1.807) is 30.0 Å². The minimum Gasteiger partial charge on any atom is -0.370 e. The van der Waals surface area contributed by atoms with Crippen LogP contribution in [0.25, 0.3) is 0 Å². The van der Waals surface area contributed by atoms with Crippen LogP contribution in [0.3, 0.4) is 0 Å². The van der Waals surface area contributed by atoms with Gasteiger partial charge >= 0.3 is 11.8 Å². The number of aryl methyl sites for hydroxylation is 1. The van der Waals surface area contributed by atoms with E-state index in [-0.39, 0.29) is 18.6 Å². The summed E-state index contributed by atoms with van der Waals surface area (Å²) in [5, 5.41) is 5.32. The summed E-state index contributed by atoms with van der Waals surface area (Å²) < 4.78 is 5.74. The number of benzene rings is 2. The van der Waals surface area contributed by atoms with E-state index in [0.29, 0.717) is 30.4 Å². The average molecular weight is 416 g/mol. The van der Waals surface area contributed by atoms with Gasteiger partial charge in [-0.2, -0.15) is 0 Å². The highest BCUT2D eigenvalue weighted by Crippen LogP contribution is 2.22. The Hall–Kier alpha value is -2.90. The Morgan fingerprint density at radius 2 is 1.90 bits per heavy atom. The van der Waals surface area contributed by atoms with Gasteiger partial charge in [0.1, 0.15) is 6.10 Å². The van der Waals surface area contributed by atoms with E-state index in [4.69, 9.17) is 16.3 Å². The van der Waals surface area contributed by atoms with E-state index in [1.807, 2.05) is 30.3 Å². The normalized spacial score (nSPS) is 16.2. The van der Waals surface area contributed by atoms with Crippen molar-refractivity contribution in [1.29, 1.82) is 0 Å². The SMILES string of the molecule is Cc1ccc(Cl)cc1NC(=O)C(=O)NCC(=O)N1CCOC(c2ccccc2)C1. The molecule has 1 atom stereocenters. The van der Waals surface area contributed by atoms with Gasteiger partial charge in [0.15, 0.2) is 0 Å². The van der Waals surface area contributed by atoms with Crippen LogP contribution in [0.1, 0.15) is 17.2 Å². The topological polar surface area (TPSA) is 87.7 Å². The van der Waals surface area contributed by atoms with Gasteiger partial charge in [-0.05, 0) is 30.2 Å². The highest BCUT2D eigenvalue weighted by molar-refractivity contribution is 6.40. The van der Waals surface area contributed by atoms with Crippen LogP contribution in [0, 0.1) is 6.92 Å². The van der Waals surface area contributed by atoms with Crippen molar-refractivity contribution in [1.82, 2.24) is 10.2 Å². The zero-order chi connectivity index (χ0) is 20.8. The van der Waals surface area contributed by atoms with E-state index >= 15 is 0 Å². The first-order chi connectivity index (χ1) is 13.9.